The monoisotopic (exact) mass is 242 g/mol. The lowest BCUT2D eigenvalue weighted by Crippen LogP contribution is -2.45. The Morgan fingerprint density at radius 2 is 2.29 bits per heavy atom. The fourth-order valence-electron chi connectivity index (χ4n) is 2.89. The van der Waals surface area contributed by atoms with Crippen molar-refractivity contribution in [2.45, 2.75) is 31.7 Å². The van der Waals surface area contributed by atoms with Crippen LogP contribution in [-0.4, -0.2) is 37.2 Å². The van der Waals surface area contributed by atoms with Crippen LogP contribution in [0.15, 0.2) is 11.8 Å². The molecule has 0 aromatic rings. The first-order valence-corrected chi connectivity index (χ1v) is 5.70. The first-order chi connectivity index (χ1) is 8.01. The van der Waals surface area contributed by atoms with Crippen LogP contribution in [0.1, 0.15) is 19.8 Å². The van der Waals surface area contributed by atoms with Crippen molar-refractivity contribution in [3.8, 4) is 0 Å². The number of fused-ring (bicyclic) bond motifs is 1. The van der Waals surface area contributed by atoms with Gasteiger partial charge in [0, 0.05) is 13.0 Å². The molecule has 2 aliphatic rings. The second-order valence-corrected chi connectivity index (χ2v) is 4.83. The van der Waals surface area contributed by atoms with Crippen LogP contribution < -0.4 is 0 Å². The lowest BCUT2D eigenvalue weighted by Gasteiger charge is -2.37. The number of esters is 1. The van der Waals surface area contributed by atoms with Crippen molar-refractivity contribution in [1.29, 1.82) is 0 Å². The standard InChI is InChI=1S/C12H18O5/c1-12(14)5-4-7-8(10(13)15-2)6-17-11(16-3)9(7)12/h6-7,9,11,14H,4-5H2,1-3H3/t7-,9-,11-,12+/m1/s1. The Morgan fingerprint density at radius 1 is 1.59 bits per heavy atom. The van der Waals surface area contributed by atoms with Gasteiger partial charge < -0.3 is 19.3 Å². The van der Waals surface area contributed by atoms with Crippen molar-refractivity contribution >= 4 is 5.97 Å². The minimum absolute atomic E-state index is 0.0591. The number of carbonyl (C=O) groups excluding carboxylic acids is 1. The third-order valence-electron chi connectivity index (χ3n) is 3.79. The topological polar surface area (TPSA) is 65.0 Å². The van der Waals surface area contributed by atoms with E-state index in [1.807, 2.05) is 0 Å². The number of hydrogen-bond acceptors (Lipinski definition) is 5. The summed E-state index contributed by atoms with van der Waals surface area (Å²) >= 11 is 0. The smallest absolute Gasteiger partial charge is 0.337 e. The van der Waals surface area contributed by atoms with Crippen LogP contribution in [-0.2, 0) is 19.0 Å². The second kappa shape index (κ2) is 4.31. The summed E-state index contributed by atoms with van der Waals surface area (Å²) in [5.74, 6) is -0.685. The van der Waals surface area contributed by atoms with Crippen LogP contribution in [0.4, 0.5) is 0 Å². The first kappa shape index (κ1) is 12.4. The van der Waals surface area contributed by atoms with Crippen molar-refractivity contribution in [1.82, 2.24) is 0 Å². The molecule has 1 N–H and O–H groups in total. The molecule has 0 unspecified atom stereocenters. The SMILES string of the molecule is COC(=O)C1=CO[C@@H](OC)[C@H]2[C@@H]1CC[C@]2(C)O. The van der Waals surface area contributed by atoms with Crippen molar-refractivity contribution in [2.75, 3.05) is 14.2 Å². The van der Waals surface area contributed by atoms with E-state index in [4.69, 9.17) is 14.2 Å². The normalized spacial score (nSPS) is 40.2. The molecular weight excluding hydrogens is 224 g/mol. The first-order valence-electron chi connectivity index (χ1n) is 5.70. The van der Waals surface area contributed by atoms with Crippen molar-refractivity contribution in [3.05, 3.63) is 11.8 Å². The van der Waals surface area contributed by atoms with Gasteiger partial charge in [-0.1, -0.05) is 0 Å². The third-order valence-corrected chi connectivity index (χ3v) is 3.79. The molecule has 1 saturated carbocycles. The molecule has 0 amide bonds. The average Bonchev–Trinajstić information content (AvgIpc) is 2.64. The minimum Gasteiger partial charge on any atom is -0.472 e. The Bertz CT molecular complexity index is 347. The average molecular weight is 242 g/mol. The predicted octanol–water partition coefficient (Wildman–Crippen LogP) is 0.823. The van der Waals surface area contributed by atoms with Gasteiger partial charge in [-0.25, -0.2) is 4.79 Å². The highest BCUT2D eigenvalue weighted by Gasteiger charge is 2.53. The Morgan fingerprint density at radius 3 is 2.88 bits per heavy atom. The predicted molar refractivity (Wildman–Crippen MR) is 58.8 cm³/mol. The van der Waals surface area contributed by atoms with Gasteiger partial charge in [0.25, 0.3) is 0 Å². The lowest BCUT2D eigenvalue weighted by atomic mass is 9.81. The number of methoxy groups -OCH3 is 2. The quantitative estimate of drug-likeness (QED) is 0.726. The second-order valence-electron chi connectivity index (χ2n) is 4.83. The van der Waals surface area contributed by atoms with Gasteiger partial charge in [0.15, 0.2) is 0 Å². The summed E-state index contributed by atoms with van der Waals surface area (Å²) in [6.07, 6.45) is 2.26. The number of carbonyl (C=O) groups is 1. The minimum atomic E-state index is -0.876. The highest BCUT2D eigenvalue weighted by molar-refractivity contribution is 5.89. The van der Waals surface area contributed by atoms with Crippen LogP contribution in [0.25, 0.3) is 0 Å². The summed E-state index contributed by atoms with van der Waals surface area (Å²) in [7, 11) is 2.88. The fourth-order valence-corrected chi connectivity index (χ4v) is 2.89. The largest absolute Gasteiger partial charge is 0.472 e. The highest BCUT2D eigenvalue weighted by Crippen LogP contribution is 2.48. The lowest BCUT2D eigenvalue weighted by molar-refractivity contribution is -0.180. The van der Waals surface area contributed by atoms with Crippen LogP contribution in [0.2, 0.25) is 0 Å². The van der Waals surface area contributed by atoms with Crippen LogP contribution in [0.5, 0.6) is 0 Å². The van der Waals surface area contributed by atoms with E-state index in [2.05, 4.69) is 0 Å². The summed E-state index contributed by atoms with van der Waals surface area (Å²) in [4.78, 5) is 11.6. The van der Waals surface area contributed by atoms with Crippen LogP contribution in [0.3, 0.4) is 0 Å². The molecular formula is C12H18O5. The molecule has 1 fully saturated rings. The number of rotatable bonds is 2. The molecule has 1 aliphatic heterocycles. The van der Waals surface area contributed by atoms with Gasteiger partial charge >= 0.3 is 5.97 Å². The Hall–Kier alpha value is -1.07. The molecule has 0 spiro atoms. The van der Waals surface area contributed by atoms with Crippen molar-refractivity contribution < 1.29 is 24.1 Å². The molecule has 5 heteroatoms. The van der Waals surface area contributed by atoms with Crippen LogP contribution in [0, 0.1) is 11.8 Å². The molecule has 0 aromatic carbocycles. The van der Waals surface area contributed by atoms with E-state index in [1.54, 1.807) is 6.92 Å². The van der Waals surface area contributed by atoms with Gasteiger partial charge in [0.2, 0.25) is 6.29 Å². The van der Waals surface area contributed by atoms with E-state index in [1.165, 1.54) is 20.5 Å². The molecule has 0 radical (unpaired) electrons. The molecule has 1 aliphatic carbocycles. The third kappa shape index (κ3) is 1.93. The molecule has 17 heavy (non-hydrogen) atoms. The van der Waals surface area contributed by atoms with E-state index in [0.717, 1.165) is 6.42 Å². The van der Waals surface area contributed by atoms with Gasteiger partial charge in [-0.05, 0) is 19.8 Å². The summed E-state index contributed by atoms with van der Waals surface area (Å²) in [5.41, 5.74) is -0.387. The summed E-state index contributed by atoms with van der Waals surface area (Å²) in [6, 6.07) is 0. The number of ether oxygens (including phenoxy) is 3. The van der Waals surface area contributed by atoms with Gasteiger partial charge in [-0.2, -0.15) is 0 Å². The Kier molecular flexibility index (Phi) is 3.14. The zero-order valence-corrected chi connectivity index (χ0v) is 10.3. The highest BCUT2D eigenvalue weighted by atomic mass is 16.7. The summed E-state index contributed by atoms with van der Waals surface area (Å²) < 4.78 is 15.3. The zero-order valence-electron chi connectivity index (χ0n) is 10.3. The van der Waals surface area contributed by atoms with Crippen molar-refractivity contribution in [3.63, 3.8) is 0 Å². The van der Waals surface area contributed by atoms with Crippen LogP contribution >= 0.6 is 0 Å². The Balaban J connectivity index is 2.31. The number of aliphatic hydroxyl groups is 1. The van der Waals surface area contributed by atoms with Gasteiger partial charge in [-0.15, -0.1) is 0 Å². The number of hydrogen-bond donors (Lipinski definition) is 1. The fraction of sp³-hybridized carbons (Fsp3) is 0.750. The molecule has 0 saturated heterocycles. The molecule has 0 bridgehead atoms. The Labute approximate surface area is 100 Å². The van der Waals surface area contributed by atoms with E-state index < -0.39 is 17.9 Å². The summed E-state index contributed by atoms with van der Waals surface area (Å²) in [5, 5.41) is 10.3. The molecule has 96 valence electrons. The molecule has 2 rings (SSSR count). The van der Waals surface area contributed by atoms with E-state index >= 15 is 0 Å². The maximum atomic E-state index is 11.6. The van der Waals surface area contributed by atoms with E-state index in [0.29, 0.717) is 12.0 Å². The maximum Gasteiger partial charge on any atom is 0.337 e. The molecule has 1 heterocycles. The summed E-state index contributed by atoms with van der Waals surface area (Å²) in [6.45, 7) is 1.76. The van der Waals surface area contributed by atoms with Gasteiger partial charge in [0.1, 0.15) is 0 Å². The molecule has 0 aromatic heterocycles. The van der Waals surface area contributed by atoms with Gasteiger partial charge in [0.05, 0.1) is 30.5 Å². The zero-order chi connectivity index (χ0) is 12.6. The molecule has 5 nitrogen and oxygen atoms in total. The van der Waals surface area contributed by atoms with E-state index in [9.17, 15) is 9.90 Å². The van der Waals surface area contributed by atoms with Crippen molar-refractivity contribution in [2.24, 2.45) is 11.8 Å². The van der Waals surface area contributed by atoms with Gasteiger partial charge in [-0.3, -0.25) is 0 Å². The molecule has 4 atom stereocenters. The van der Waals surface area contributed by atoms with E-state index in [-0.39, 0.29) is 11.8 Å². The maximum absolute atomic E-state index is 11.6.